The molecule has 0 saturated carbocycles. The molecule has 0 aliphatic carbocycles. The zero-order chi connectivity index (χ0) is 18.6. The molecule has 0 fully saturated rings. The summed E-state index contributed by atoms with van der Waals surface area (Å²) in [5, 5.41) is 2.47. The molecule has 0 amide bonds. The Morgan fingerprint density at radius 1 is 1.11 bits per heavy atom. The Morgan fingerprint density at radius 3 is 2.81 bits per heavy atom. The third-order valence-corrected chi connectivity index (χ3v) is 5.34. The third-order valence-electron chi connectivity index (χ3n) is 4.21. The van der Waals surface area contributed by atoms with Gasteiger partial charge in [0.1, 0.15) is 11.4 Å². The highest BCUT2D eigenvalue weighted by Gasteiger charge is 2.11. The molecule has 0 spiro atoms. The Bertz CT molecular complexity index is 1100. The first kappa shape index (κ1) is 17.9. The summed E-state index contributed by atoms with van der Waals surface area (Å²) in [6.07, 6.45) is 1.61. The second kappa shape index (κ2) is 8.03. The van der Waals surface area contributed by atoms with E-state index < -0.39 is 0 Å². The van der Waals surface area contributed by atoms with Gasteiger partial charge in [-0.3, -0.25) is 4.79 Å². The molecule has 2 heterocycles. The second-order valence-corrected chi connectivity index (χ2v) is 7.61. The summed E-state index contributed by atoms with van der Waals surface area (Å²) in [6.45, 7) is 0.577. The molecule has 0 unspecified atom stereocenters. The standard InChI is InChI=1S/C21H17ClN2O2S/c22-15-11-18-17-10-14(6-7-19(17)24-21(18)23-12-15)20(25)13-27-9-8-26-16-4-2-1-3-5-16/h1-7,10-12H,8-9,13H2,(H,23,24). The van der Waals surface area contributed by atoms with Crippen molar-refractivity contribution in [3.05, 3.63) is 71.4 Å². The lowest BCUT2D eigenvalue weighted by molar-refractivity contribution is 0.102. The van der Waals surface area contributed by atoms with Crippen LogP contribution in [0.3, 0.4) is 0 Å². The van der Waals surface area contributed by atoms with Crippen molar-refractivity contribution >= 4 is 51.1 Å². The van der Waals surface area contributed by atoms with Crippen molar-refractivity contribution in [2.45, 2.75) is 0 Å². The molecular formula is C21H17ClN2O2S. The van der Waals surface area contributed by atoms with E-state index in [1.807, 2.05) is 54.6 Å². The fourth-order valence-corrected chi connectivity index (χ4v) is 3.76. The van der Waals surface area contributed by atoms with Crippen LogP contribution in [0.4, 0.5) is 0 Å². The first-order valence-electron chi connectivity index (χ1n) is 8.56. The number of halogens is 1. The number of hydrogen-bond donors (Lipinski definition) is 1. The van der Waals surface area contributed by atoms with Crippen LogP contribution in [0.2, 0.25) is 5.02 Å². The maximum absolute atomic E-state index is 12.5. The summed E-state index contributed by atoms with van der Waals surface area (Å²) < 4.78 is 5.64. The molecule has 136 valence electrons. The van der Waals surface area contributed by atoms with E-state index in [0.717, 1.165) is 33.4 Å². The molecular weight excluding hydrogens is 380 g/mol. The Balaban J connectivity index is 1.39. The first-order valence-corrected chi connectivity index (χ1v) is 10.1. The van der Waals surface area contributed by atoms with Crippen molar-refractivity contribution in [1.29, 1.82) is 0 Å². The molecule has 0 aliphatic rings. The number of ketones is 1. The summed E-state index contributed by atoms with van der Waals surface area (Å²) in [4.78, 5) is 20.1. The molecule has 4 aromatic rings. The Hall–Kier alpha value is -2.50. The van der Waals surface area contributed by atoms with Crippen molar-refractivity contribution in [2.75, 3.05) is 18.1 Å². The number of carbonyl (C=O) groups is 1. The number of fused-ring (bicyclic) bond motifs is 3. The largest absolute Gasteiger partial charge is 0.493 e. The second-order valence-electron chi connectivity index (χ2n) is 6.07. The van der Waals surface area contributed by atoms with Crippen molar-refractivity contribution < 1.29 is 9.53 Å². The lowest BCUT2D eigenvalue weighted by atomic mass is 10.1. The average Bonchev–Trinajstić information content (AvgIpc) is 3.05. The molecule has 4 nitrogen and oxygen atoms in total. The fourth-order valence-electron chi connectivity index (χ4n) is 2.90. The number of rotatable bonds is 7. The topological polar surface area (TPSA) is 55.0 Å². The van der Waals surface area contributed by atoms with E-state index in [-0.39, 0.29) is 5.78 Å². The van der Waals surface area contributed by atoms with E-state index in [1.54, 1.807) is 18.0 Å². The SMILES string of the molecule is O=C(CSCCOc1ccccc1)c1ccc2[nH]c3ncc(Cl)cc3c2c1. The highest BCUT2D eigenvalue weighted by atomic mass is 35.5. The number of thioether (sulfide) groups is 1. The smallest absolute Gasteiger partial charge is 0.172 e. The maximum atomic E-state index is 12.5. The zero-order valence-corrected chi connectivity index (χ0v) is 16.0. The molecule has 6 heteroatoms. The van der Waals surface area contributed by atoms with Crippen molar-refractivity contribution in [2.24, 2.45) is 0 Å². The first-order chi connectivity index (χ1) is 13.2. The van der Waals surface area contributed by atoms with Gasteiger partial charge in [-0.1, -0.05) is 29.8 Å². The van der Waals surface area contributed by atoms with Gasteiger partial charge in [0.15, 0.2) is 5.78 Å². The molecule has 4 rings (SSSR count). The van der Waals surface area contributed by atoms with Gasteiger partial charge in [0.25, 0.3) is 0 Å². The minimum Gasteiger partial charge on any atom is -0.493 e. The van der Waals surface area contributed by atoms with Crippen LogP contribution in [0.5, 0.6) is 5.75 Å². The van der Waals surface area contributed by atoms with Gasteiger partial charge in [-0.05, 0) is 36.4 Å². The van der Waals surface area contributed by atoms with Crippen LogP contribution >= 0.6 is 23.4 Å². The predicted molar refractivity (Wildman–Crippen MR) is 112 cm³/mol. The number of hydrogen-bond acceptors (Lipinski definition) is 4. The normalized spacial score (nSPS) is 11.1. The van der Waals surface area contributed by atoms with Gasteiger partial charge in [0.2, 0.25) is 0 Å². The van der Waals surface area contributed by atoms with Gasteiger partial charge in [-0.2, -0.15) is 11.8 Å². The summed E-state index contributed by atoms with van der Waals surface area (Å²) in [7, 11) is 0. The molecule has 0 radical (unpaired) electrons. The third kappa shape index (κ3) is 4.10. The van der Waals surface area contributed by atoms with E-state index in [4.69, 9.17) is 16.3 Å². The van der Waals surface area contributed by atoms with E-state index in [9.17, 15) is 4.79 Å². The predicted octanol–water partition coefficient (Wildman–Crippen LogP) is 5.36. The minimum absolute atomic E-state index is 0.103. The number of aromatic nitrogens is 2. The molecule has 0 atom stereocenters. The Kier molecular flexibility index (Phi) is 5.32. The van der Waals surface area contributed by atoms with Crippen molar-refractivity contribution in [1.82, 2.24) is 9.97 Å². The molecule has 0 bridgehead atoms. The van der Waals surface area contributed by atoms with Crippen molar-refractivity contribution in [3.63, 3.8) is 0 Å². The van der Waals surface area contributed by atoms with Gasteiger partial charge in [0.05, 0.1) is 17.4 Å². The van der Waals surface area contributed by atoms with Gasteiger partial charge < -0.3 is 9.72 Å². The van der Waals surface area contributed by atoms with Crippen LogP contribution in [-0.2, 0) is 0 Å². The summed E-state index contributed by atoms with van der Waals surface area (Å²) in [5.74, 6) is 2.13. The summed E-state index contributed by atoms with van der Waals surface area (Å²) in [5.41, 5.74) is 2.41. The highest BCUT2D eigenvalue weighted by Crippen LogP contribution is 2.27. The van der Waals surface area contributed by atoms with Gasteiger partial charge in [-0.15, -0.1) is 0 Å². The monoisotopic (exact) mass is 396 g/mol. The number of H-pyrrole nitrogens is 1. The van der Waals surface area contributed by atoms with Gasteiger partial charge in [-0.25, -0.2) is 4.98 Å². The summed E-state index contributed by atoms with van der Waals surface area (Å²) in [6, 6.07) is 17.2. The van der Waals surface area contributed by atoms with Crippen molar-refractivity contribution in [3.8, 4) is 5.75 Å². The lowest BCUT2D eigenvalue weighted by Crippen LogP contribution is -2.06. The maximum Gasteiger partial charge on any atom is 0.172 e. The molecule has 2 aromatic heterocycles. The number of nitrogens with zero attached hydrogens (tertiary/aromatic N) is 1. The number of Topliss-reactive ketones (excluding diaryl/α,β-unsaturated/α-hetero) is 1. The number of pyridine rings is 1. The number of aromatic amines is 1. The highest BCUT2D eigenvalue weighted by molar-refractivity contribution is 8.00. The molecule has 0 aliphatic heterocycles. The number of para-hydroxylation sites is 1. The van der Waals surface area contributed by atoms with Crippen LogP contribution in [0, 0.1) is 0 Å². The minimum atomic E-state index is 0.103. The van der Waals surface area contributed by atoms with Crippen LogP contribution < -0.4 is 4.74 Å². The van der Waals surface area contributed by atoms with Gasteiger partial charge in [0, 0.05) is 33.8 Å². The van der Waals surface area contributed by atoms with E-state index in [2.05, 4.69) is 9.97 Å². The average molecular weight is 397 g/mol. The molecule has 1 N–H and O–H groups in total. The molecule has 27 heavy (non-hydrogen) atoms. The number of benzene rings is 2. The summed E-state index contributed by atoms with van der Waals surface area (Å²) >= 11 is 7.64. The van der Waals surface area contributed by atoms with E-state index in [1.165, 1.54) is 0 Å². The number of carbonyl (C=O) groups excluding carboxylic acids is 1. The number of ether oxygens (including phenoxy) is 1. The van der Waals surface area contributed by atoms with Crippen LogP contribution in [0.15, 0.2) is 60.8 Å². The van der Waals surface area contributed by atoms with E-state index in [0.29, 0.717) is 22.9 Å². The quantitative estimate of drug-likeness (QED) is 0.337. The molecule has 0 saturated heterocycles. The number of nitrogens with one attached hydrogen (secondary N) is 1. The van der Waals surface area contributed by atoms with Crippen LogP contribution in [0.25, 0.3) is 21.9 Å². The Labute approximate surface area is 165 Å². The van der Waals surface area contributed by atoms with E-state index >= 15 is 0 Å². The van der Waals surface area contributed by atoms with Gasteiger partial charge >= 0.3 is 0 Å². The Morgan fingerprint density at radius 2 is 1.96 bits per heavy atom. The lowest BCUT2D eigenvalue weighted by Gasteiger charge is -2.05. The van der Waals surface area contributed by atoms with Crippen LogP contribution in [0.1, 0.15) is 10.4 Å². The zero-order valence-electron chi connectivity index (χ0n) is 14.4. The van der Waals surface area contributed by atoms with Crippen LogP contribution in [-0.4, -0.2) is 33.9 Å². The molecule has 2 aromatic carbocycles. The fraction of sp³-hybridized carbons (Fsp3) is 0.143.